The van der Waals surface area contributed by atoms with Gasteiger partial charge in [0.25, 0.3) is 0 Å². The third kappa shape index (κ3) is 3.21. The van der Waals surface area contributed by atoms with E-state index < -0.39 is 0 Å². The SMILES string of the molecule is CCCC(=O)N1CCc2cc(C(=O)CCCCl)ccc21. The van der Waals surface area contributed by atoms with E-state index in [2.05, 4.69) is 0 Å². The van der Waals surface area contributed by atoms with Crippen LogP contribution >= 0.6 is 11.6 Å². The third-order valence-corrected chi connectivity index (χ3v) is 3.87. The second-order valence-corrected chi connectivity index (χ2v) is 5.48. The minimum Gasteiger partial charge on any atom is -0.312 e. The number of alkyl halides is 1. The number of rotatable bonds is 6. The summed E-state index contributed by atoms with van der Waals surface area (Å²) in [5, 5.41) is 0. The molecule has 0 aromatic heterocycles. The summed E-state index contributed by atoms with van der Waals surface area (Å²) in [6.45, 7) is 2.74. The topological polar surface area (TPSA) is 37.4 Å². The molecule has 0 saturated carbocycles. The number of benzene rings is 1. The van der Waals surface area contributed by atoms with Gasteiger partial charge >= 0.3 is 0 Å². The summed E-state index contributed by atoms with van der Waals surface area (Å²) < 4.78 is 0. The first-order valence-electron chi connectivity index (χ1n) is 7.19. The van der Waals surface area contributed by atoms with Gasteiger partial charge in [-0.3, -0.25) is 9.59 Å². The van der Waals surface area contributed by atoms with Crippen LogP contribution < -0.4 is 4.90 Å². The molecule has 20 heavy (non-hydrogen) atoms. The molecule has 108 valence electrons. The zero-order valence-corrected chi connectivity index (χ0v) is 12.6. The first-order valence-corrected chi connectivity index (χ1v) is 7.73. The predicted molar refractivity (Wildman–Crippen MR) is 81.7 cm³/mol. The van der Waals surface area contributed by atoms with Gasteiger partial charge < -0.3 is 4.90 Å². The number of halogens is 1. The lowest BCUT2D eigenvalue weighted by atomic mass is 10.0. The van der Waals surface area contributed by atoms with Crippen molar-refractivity contribution in [2.45, 2.75) is 39.0 Å². The number of nitrogens with zero attached hydrogens (tertiary/aromatic N) is 1. The maximum absolute atomic E-state index is 12.0. The van der Waals surface area contributed by atoms with Crippen LogP contribution in [-0.2, 0) is 11.2 Å². The van der Waals surface area contributed by atoms with Crippen molar-refractivity contribution in [2.24, 2.45) is 0 Å². The minimum atomic E-state index is 0.131. The zero-order valence-electron chi connectivity index (χ0n) is 11.8. The summed E-state index contributed by atoms with van der Waals surface area (Å²) in [6, 6.07) is 5.67. The Morgan fingerprint density at radius 1 is 1.30 bits per heavy atom. The summed E-state index contributed by atoms with van der Waals surface area (Å²) >= 11 is 5.61. The van der Waals surface area contributed by atoms with Crippen molar-refractivity contribution < 1.29 is 9.59 Å². The maximum atomic E-state index is 12.0. The highest BCUT2D eigenvalue weighted by Gasteiger charge is 2.24. The Kier molecular flexibility index (Phi) is 5.18. The van der Waals surface area contributed by atoms with Gasteiger partial charge in [-0.25, -0.2) is 0 Å². The van der Waals surface area contributed by atoms with E-state index in [1.807, 2.05) is 30.0 Å². The number of Topliss-reactive ketones (excluding diaryl/α,β-unsaturated/α-hetero) is 1. The average molecular weight is 294 g/mol. The van der Waals surface area contributed by atoms with Crippen LogP contribution in [0.1, 0.15) is 48.5 Å². The van der Waals surface area contributed by atoms with Crippen molar-refractivity contribution >= 4 is 29.0 Å². The van der Waals surface area contributed by atoms with Crippen molar-refractivity contribution in [3.63, 3.8) is 0 Å². The Hall–Kier alpha value is -1.35. The Morgan fingerprint density at radius 3 is 2.80 bits per heavy atom. The molecule has 0 atom stereocenters. The molecule has 1 aromatic carbocycles. The molecule has 2 rings (SSSR count). The first-order chi connectivity index (χ1) is 9.67. The normalized spacial score (nSPS) is 13.4. The maximum Gasteiger partial charge on any atom is 0.226 e. The smallest absolute Gasteiger partial charge is 0.226 e. The number of anilines is 1. The summed E-state index contributed by atoms with van der Waals surface area (Å²) in [6.07, 6.45) is 3.47. The van der Waals surface area contributed by atoms with Gasteiger partial charge in [0.05, 0.1) is 0 Å². The molecule has 1 amide bonds. The lowest BCUT2D eigenvalue weighted by Crippen LogP contribution is -2.28. The minimum absolute atomic E-state index is 0.131. The summed E-state index contributed by atoms with van der Waals surface area (Å²) in [5.41, 5.74) is 2.81. The van der Waals surface area contributed by atoms with Gasteiger partial charge in [0.2, 0.25) is 5.91 Å². The Bertz CT molecular complexity index is 513. The van der Waals surface area contributed by atoms with Crippen LogP contribution in [0.4, 0.5) is 5.69 Å². The van der Waals surface area contributed by atoms with Gasteiger partial charge in [0, 0.05) is 36.5 Å². The van der Waals surface area contributed by atoms with Crippen molar-refractivity contribution in [3.05, 3.63) is 29.3 Å². The number of ketones is 1. The number of carbonyl (C=O) groups is 2. The molecule has 3 nitrogen and oxygen atoms in total. The summed E-state index contributed by atoms with van der Waals surface area (Å²) in [4.78, 5) is 25.8. The Morgan fingerprint density at radius 2 is 2.10 bits per heavy atom. The molecule has 0 radical (unpaired) electrons. The van der Waals surface area contributed by atoms with E-state index >= 15 is 0 Å². The van der Waals surface area contributed by atoms with Gasteiger partial charge in [-0.05, 0) is 43.0 Å². The quantitative estimate of drug-likeness (QED) is 0.594. The molecule has 4 heteroatoms. The van der Waals surface area contributed by atoms with Crippen LogP contribution in [0.3, 0.4) is 0 Å². The lowest BCUT2D eigenvalue weighted by molar-refractivity contribution is -0.118. The molecule has 0 aliphatic carbocycles. The molecule has 1 aliphatic rings. The first kappa shape index (κ1) is 15.0. The second kappa shape index (κ2) is 6.89. The van der Waals surface area contributed by atoms with Crippen LogP contribution in [-0.4, -0.2) is 24.1 Å². The van der Waals surface area contributed by atoms with Crippen molar-refractivity contribution in [1.82, 2.24) is 0 Å². The van der Waals surface area contributed by atoms with Crippen LogP contribution in [0.5, 0.6) is 0 Å². The zero-order chi connectivity index (χ0) is 14.5. The molecule has 0 unspecified atom stereocenters. The fraction of sp³-hybridized carbons (Fsp3) is 0.500. The van der Waals surface area contributed by atoms with E-state index in [1.165, 1.54) is 0 Å². The molecule has 0 N–H and O–H groups in total. The standard InChI is InChI=1S/C16H20ClNO2/c1-2-4-16(20)18-10-8-12-11-13(6-7-14(12)18)15(19)5-3-9-17/h6-7,11H,2-5,8-10H2,1H3. The van der Waals surface area contributed by atoms with E-state index in [4.69, 9.17) is 11.6 Å². The van der Waals surface area contributed by atoms with Gasteiger partial charge in [-0.1, -0.05) is 6.92 Å². The highest BCUT2D eigenvalue weighted by Crippen LogP contribution is 2.30. The molecule has 1 aromatic rings. The van der Waals surface area contributed by atoms with Crippen LogP contribution in [0, 0.1) is 0 Å². The number of hydrogen-bond donors (Lipinski definition) is 0. The average Bonchev–Trinajstić information content (AvgIpc) is 2.88. The molecular formula is C16H20ClNO2. The van der Waals surface area contributed by atoms with E-state index in [-0.39, 0.29) is 11.7 Å². The molecule has 0 bridgehead atoms. The second-order valence-electron chi connectivity index (χ2n) is 5.10. The van der Waals surface area contributed by atoms with Gasteiger partial charge in [-0.2, -0.15) is 0 Å². The number of hydrogen-bond acceptors (Lipinski definition) is 2. The van der Waals surface area contributed by atoms with Crippen LogP contribution in [0.25, 0.3) is 0 Å². The highest BCUT2D eigenvalue weighted by atomic mass is 35.5. The van der Waals surface area contributed by atoms with Crippen molar-refractivity contribution in [3.8, 4) is 0 Å². The fourth-order valence-corrected chi connectivity index (χ4v) is 2.69. The van der Waals surface area contributed by atoms with Gasteiger partial charge in [-0.15, -0.1) is 11.6 Å². The monoisotopic (exact) mass is 293 g/mol. The molecule has 0 saturated heterocycles. The number of carbonyl (C=O) groups excluding carboxylic acids is 2. The van der Waals surface area contributed by atoms with E-state index in [0.29, 0.717) is 25.1 Å². The largest absolute Gasteiger partial charge is 0.312 e. The lowest BCUT2D eigenvalue weighted by Gasteiger charge is -2.17. The van der Waals surface area contributed by atoms with Crippen LogP contribution in [0.15, 0.2) is 18.2 Å². The van der Waals surface area contributed by atoms with Gasteiger partial charge in [0.1, 0.15) is 0 Å². The Labute approximate surface area is 124 Å². The summed E-state index contributed by atoms with van der Waals surface area (Å²) in [7, 11) is 0. The van der Waals surface area contributed by atoms with E-state index in [0.717, 1.165) is 36.2 Å². The predicted octanol–water partition coefficient (Wildman–Crippen LogP) is 3.58. The molecule has 1 heterocycles. The van der Waals surface area contributed by atoms with Crippen molar-refractivity contribution in [1.29, 1.82) is 0 Å². The molecule has 1 aliphatic heterocycles. The molecular weight excluding hydrogens is 274 g/mol. The third-order valence-electron chi connectivity index (χ3n) is 3.60. The number of fused-ring (bicyclic) bond motifs is 1. The van der Waals surface area contributed by atoms with Crippen LogP contribution in [0.2, 0.25) is 0 Å². The molecule has 0 spiro atoms. The van der Waals surface area contributed by atoms with Gasteiger partial charge in [0.15, 0.2) is 5.78 Å². The number of amides is 1. The van der Waals surface area contributed by atoms with E-state index in [9.17, 15) is 9.59 Å². The highest BCUT2D eigenvalue weighted by molar-refractivity contribution is 6.18. The fourth-order valence-electron chi connectivity index (χ4n) is 2.55. The Balaban J connectivity index is 2.14. The molecule has 0 fully saturated rings. The summed E-state index contributed by atoms with van der Waals surface area (Å²) in [5.74, 6) is 0.815. The van der Waals surface area contributed by atoms with Crippen molar-refractivity contribution in [2.75, 3.05) is 17.3 Å². The van der Waals surface area contributed by atoms with E-state index in [1.54, 1.807) is 0 Å².